The number of carboxylic acids is 1. The number of hydrogen-bond acceptors (Lipinski definition) is 2. The predicted molar refractivity (Wildman–Crippen MR) is 78.5 cm³/mol. The number of aliphatic carboxylic acids is 1. The number of hydrogen-bond donors (Lipinski definition) is 3. The van der Waals surface area contributed by atoms with Crippen molar-refractivity contribution in [2.24, 2.45) is 17.3 Å². The van der Waals surface area contributed by atoms with Gasteiger partial charge in [0, 0.05) is 12.6 Å². The van der Waals surface area contributed by atoms with Gasteiger partial charge < -0.3 is 15.7 Å². The van der Waals surface area contributed by atoms with Gasteiger partial charge in [-0.3, -0.25) is 4.79 Å². The normalized spacial score (nSPS) is 24.8. The van der Waals surface area contributed by atoms with Crippen LogP contribution in [0.5, 0.6) is 0 Å². The van der Waals surface area contributed by atoms with Crippen molar-refractivity contribution < 1.29 is 14.7 Å². The standard InChI is InChI=1S/C15H28N2O3/c1-10(15(2,3)4)9-16-14(20)17-12-8-6-5-7-11(12)13(18)19/h10-12H,5-9H2,1-4H3,(H,18,19)(H2,16,17,20). The van der Waals surface area contributed by atoms with Crippen LogP contribution in [0.4, 0.5) is 4.79 Å². The van der Waals surface area contributed by atoms with Crippen molar-refractivity contribution in [3.63, 3.8) is 0 Å². The summed E-state index contributed by atoms with van der Waals surface area (Å²) in [6.45, 7) is 9.11. The van der Waals surface area contributed by atoms with Crippen molar-refractivity contribution in [1.82, 2.24) is 10.6 Å². The molecule has 0 aromatic carbocycles. The first-order valence-electron chi connectivity index (χ1n) is 7.49. The molecule has 0 aromatic heterocycles. The second-order valence-corrected chi connectivity index (χ2v) is 6.96. The number of nitrogens with one attached hydrogen (secondary N) is 2. The molecule has 5 heteroatoms. The zero-order chi connectivity index (χ0) is 15.3. The third kappa shape index (κ3) is 5.02. The van der Waals surface area contributed by atoms with E-state index in [1.54, 1.807) is 0 Å². The Morgan fingerprint density at radius 2 is 1.85 bits per heavy atom. The number of carbonyl (C=O) groups is 2. The molecule has 1 aliphatic carbocycles. The molecule has 0 aliphatic heterocycles. The first-order valence-corrected chi connectivity index (χ1v) is 7.49. The van der Waals surface area contributed by atoms with Crippen LogP contribution in [0.15, 0.2) is 0 Å². The SMILES string of the molecule is CC(CNC(=O)NC1CCCCC1C(=O)O)C(C)(C)C. The van der Waals surface area contributed by atoms with E-state index in [1.165, 1.54) is 0 Å². The molecule has 2 amide bonds. The summed E-state index contributed by atoms with van der Waals surface area (Å²) < 4.78 is 0. The summed E-state index contributed by atoms with van der Waals surface area (Å²) in [6.07, 6.45) is 3.31. The van der Waals surface area contributed by atoms with Gasteiger partial charge in [-0.2, -0.15) is 0 Å². The number of urea groups is 1. The Kier molecular flexibility index (Phi) is 5.84. The Hall–Kier alpha value is -1.26. The highest BCUT2D eigenvalue weighted by molar-refractivity contribution is 5.76. The minimum atomic E-state index is -0.807. The molecular formula is C15H28N2O3. The minimum absolute atomic E-state index is 0.141. The Balaban J connectivity index is 2.43. The molecule has 0 aromatic rings. The maximum atomic E-state index is 11.9. The molecule has 0 spiro atoms. The second-order valence-electron chi connectivity index (χ2n) is 6.96. The van der Waals surface area contributed by atoms with Gasteiger partial charge in [0.25, 0.3) is 0 Å². The Morgan fingerprint density at radius 3 is 2.40 bits per heavy atom. The van der Waals surface area contributed by atoms with E-state index < -0.39 is 11.9 Å². The van der Waals surface area contributed by atoms with E-state index in [4.69, 9.17) is 0 Å². The van der Waals surface area contributed by atoms with E-state index in [0.717, 1.165) is 19.3 Å². The summed E-state index contributed by atoms with van der Waals surface area (Å²) >= 11 is 0. The summed E-state index contributed by atoms with van der Waals surface area (Å²) in [6, 6.07) is -0.495. The molecule has 116 valence electrons. The van der Waals surface area contributed by atoms with Crippen LogP contribution in [0.2, 0.25) is 0 Å². The lowest BCUT2D eigenvalue weighted by molar-refractivity contribution is -0.143. The average molecular weight is 284 g/mol. The molecule has 0 heterocycles. The monoisotopic (exact) mass is 284 g/mol. The highest BCUT2D eigenvalue weighted by Crippen LogP contribution is 2.25. The van der Waals surface area contributed by atoms with Crippen LogP contribution in [-0.4, -0.2) is 29.7 Å². The lowest BCUT2D eigenvalue weighted by Gasteiger charge is -2.30. The molecule has 1 saturated carbocycles. The largest absolute Gasteiger partial charge is 0.481 e. The molecule has 3 atom stereocenters. The van der Waals surface area contributed by atoms with Crippen LogP contribution in [0, 0.1) is 17.3 Å². The summed E-state index contributed by atoms with van der Waals surface area (Å²) in [7, 11) is 0. The van der Waals surface area contributed by atoms with Crippen LogP contribution in [0.25, 0.3) is 0 Å². The van der Waals surface area contributed by atoms with E-state index in [1.807, 2.05) is 0 Å². The Labute approximate surface area is 121 Å². The summed E-state index contributed by atoms with van der Waals surface area (Å²) in [5.74, 6) is -0.900. The molecule has 1 rings (SSSR count). The van der Waals surface area contributed by atoms with E-state index >= 15 is 0 Å². The van der Waals surface area contributed by atoms with E-state index in [2.05, 4.69) is 38.3 Å². The van der Waals surface area contributed by atoms with Crippen molar-refractivity contribution in [3.8, 4) is 0 Å². The van der Waals surface area contributed by atoms with Gasteiger partial charge in [-0.25, -0.2) is 4.79 Å². The summed E-state index contributed by atoms with van der Waals surface area (Å²) in [4.78, 5) is 23.1. The smallest absolute Gasteiger partial charge is 0.315 e. The maximum Gasteiger partial charge on any atom is 0.315 e. The molecule has 1 aliphatic rings. The first-order chi connectivity index (χ1) is 9.21. The van der Waals surface area contributed by atoms with Gasteiger partial charge in [0.15, 0.2) is 0 Å². The van der Waals surface area contributed by atoms with Gasteiger partial charge in [-0.05, 0) is 24.2 Å². The summed E-state index contributed by atoms with van der Waals surface area (Å²) in [5, 5.41) is 14.9. The van der Waals surface area contributed by atoms with Gasteiger partial charge in [0.05, 0.1) is 5.92 Å². The molecular weight excluding hydrogens is 256 g/mol. The average Bonchev–Trinajstić information content (AvgIpc) is 2.35. The van der Waals surface area contributed by atoms with Crippen molar-refractivity contribution in [1.29, 1.82) is 0 Å². The molecule has 1 fully saturated rings. The lowest BCUT2D eigenvalue weighted by atomic mass is 9.82. The van der Waals surface area contributed by atoms with E-state index in [-0.39, 0.29) is 17.5 Å². The van der Waals surface area contributed by atoms with Crippen molar-refractivity contribution in [2.45, 2.75) is 59.4 Å². The first kappa shape index (κ1) is 16.8. The van der Waals surface area contributed by atoms with Gasteiger partial charge in [-0.15, -0.1) is 0 Å². The second kappa shape index (κ2) is 6.95. The number of amides is 2. The molecule has 20 heavy (non-hydrogen) atoms. The van der Waals surface area contributed by atoms with Crippen molar-refractivity contribution in [2.75, 3.05) is 6.54 Å². The van der Waals surface area contributed by atoms with Gasteiger partial charge in [0.2, 0.25) is 0 Å². The van der Waals surface area contributed by atoms with Gasteiger partial charge in [-0.1, -0.05) is 40.5 Å². The van der Waals surface area contributed by atoms with Crippen LogP contribution in [0.1, 0.15) is 53.4 Å². The van der Waals surface area contributed by atoms with Gasteiger partial charge in [0.1, 0.15) is 0 Å². The lowest BCUT2D eigenvalue weighted by Crippen LogP contribution is -2.49. The topological polar surface area (TPSA) is 78.4 Å². The fraction of sp³-hybridized carbons (Fsp3) is 0.867. The highest BCUT2D eigenvalue weighted by Gasteiger charge is 2.32. The fourth-order valence-corrected chi connectivity index (χ4v) is 2.37. The fourth-order valence-electron chi connectivity index (χ4n) is 2.37. The zero-order valence-electron chi connectivity index (χ0n) is 13.0. The zero-order valence-corrected chi connectivity index (χ0v) is 13.0. The van der Waals surface area contributed by atoms with Crippen LogP contribution < -0.4 is 10.6 Å². The summed E-state index contributed by atoms with van der Waals surface area (Å²) in [5.41, 5.74) is 0.141. The van der Waals surface area contributed by atoms with E-state index in [0.29, 0.717) is 18.9 Å². The molecule has 3 unspecified atom stereocenters. The quantitative estimate of drug-likeness (QED) is 0.742. The van der Waals surface area contributed by atoms with Crippen LogP contribution >= 0.6 is 0 Å². The minimum Gasteiger partial charge on any atom is -0.481 e. The molecule has 0 saturated heterocycles. The van der Waals surface area contributed by atoms with Gasteiger partial charge >= 0.3 is 12.0 Å². The molecule has 0 radical (unpaired) electrons. The molecule has 5 nitrogen and oxygen atoms in total. The Morgan fingerprint density at radius 1 is 1.25 bits per heavy atom. The van der Waals surface area contributed by atoms with Crippen molar-refractivity contribution >= 4 is 12.0 Å². The van der Waals surface area contributed by atoms with Crippen LogP contribution in [0.3, 0.4) is 0 Å². The number of carboxylic acid groups (broad SMARTS) is 1. The highest BCUT2D eigenvalue weighted by atomic mass is 16.4. The third-order valence-electron chi connectivity index (χ3n) is 4.45. The maximum absolute atomic E-state index is 11.9. The molecule has 3 N–H and O–H groups in total. The van der Waals surface area contributed by atoms with Crippen LogP contribution in [-0.2, 0) is 4.79 Å². The predicted octanol–water partition coefficient (Wildman–Crippen LogP) is 2.61. The van der Waals surface area contributed by atoms with E-state index in [9.17, 15) is 14.7 Å². The third-order valence-corrected chi connectivity index (χ3v) is 4.45. The number of rotatable bonds is 4. The number of carbonyl (C=O) groups excluding carboxylic acids is 1. The Bertz CT molecular complexity index is 350. The van der Waals surface area contributed by atoms with Crippen molar-refractivity contribution in [3.05, 3.63) is 0 Å². The molecule has 0 bridgehead atoms.